The molecular weight excluding hydrogens is 446 g/mol. The van der Waals surface area contributed by atoms with Crippen molar-refractivity contribution in [3.8, 4) is 11.9 Å². The quantitative estimate of drug-likeness (QED) is 0.658. The van der Waals surface area contributed by atoms with Crippen molar-refractivity contribution in [1.29, 1.82) is 0 Å². The largest absolute Gasteiger partial charge is 0.480 e. The molecule has 4 rings (SSSR count). The monoisotopic (exact) mass is 479 g/mol. The number of piperidine rings is 1. The number of methoxy groups -OCH3 is 2. The predicted octanol–water partition coefficient (Wildman–Crippen LogP) is 3.67. The molecule has 0 bridgehead atoms. The lowest BCUT2D eigenvalue weighted by molar-refractivity contribution is -0.125. The minimum absolute atomic E-state index is 0.0465. The number of carbonyl (C=O) groups excluding carboxylic acids is 2. The molecule has 0 radical (unpaired) electrons. The highest BCUT2D eigenvalue weighted by atomic mass is 16.5. The van der Waals surface area contributed by atoms with Crippen molar-refractivity contribution in [3.05, 3.63) is 47.2 Å². The third kappa shape index (κ3) is 5.55. The van der Waals surface area contributed by atoms with Crippen LogP contribution in [0.5, 0.6) is 11.9 Å². The highest BCUT2D eigenvalue weighted by molar-refractivity contribution is 5.92. The summed E-state index contributed by atoms with van der Waals surface area (Å²) in [6, 6.07) is 6.17. The van der Waals surface area contributed by atoms with E-state index < -0.39 is 0 Å². The number of carbonyl (C=O) groups is 2. The molecule has 1 N–H and O–H groups in total. The van der Waals surface area contributed by atoms with Crippen LogP contribution < -0.4 is 14.8 Å². The molecule has 0 unspecified atom stereocenters. The number of hydrogen-bond acceptors (Lipinski definition) is 6. The van der Waals surface area contributed by atoms with Gasteiger partial charge in [-0.25, -0.2) is 9.78 Å². The van der Waals surface area contributed by atoms with E-state index >= 15 is 0 Å². The number of anilines is 1. The summed E-state index contributed by atoms with van der Waals surface area (Å²) in [5.74, 6) is 0.306. The zero-order valence-corrected chi connectivity index (χ0v) is 20.8. The van der Waals surface area contributed by atoms with E-state index in [1.54, 1.807) is 18.3 Å². The van der Waals surface area contributed by atoms with Gasteiger partial charge in [0.25, 0.3) is 0 Å². The molecule has 9 heteroatoms. The highest BCUT2D eigenvalue weighted by Gasteiger charge is 2.42. The molecule has 2 aromatic rings. The number of benzene rings is 1. The number of hydrogen-bond donors (Lipinski definition) is 1. The third-order valence-corrected chi connectivity index (χ3v) is 7.02. The van der Waals surface area contributed by atoms with E-state index in [4.69, 9.17) is 9.47 Å². The number of rotatable bonds is 5. The zero-order chi connectivity index (χ0) is 25.0. The van der Waals surface area contributed by atoms with Crippen molar-refractivity contribution < 1.29 is 19.1 Å². The molecule has 1 aromatic heterocycles. The summed E-state index contributed by atoms with van der Waals surface area (Å²) in [6.07, 6.45) is 7.51. The van der Waals surface area contributed by atoms with Crippen molar-refractivity contribution in [2.75, 3.05) is 45.7 Å². The van der Waals surface area contributed by atoms with Gasteiger partial charge in [0, 0.05) is 44.1 Å². The maximum absolute atomic E-state index is 12.9. The number of likely N-dealkylation sites (tertiary alicyclic amines) is 2. The molecule has 35 heavy (non-hydrogen) atoms. The first-order valence-electron chi connectivity index (χ1n) is 11.9. The van der Waals surface area contributed by atoms with Crippen LogP contribution in [-0.2, 0) is 4.79 Å². The van der Waals surface area contributed by atoms with Crippen LogP contribution in [-0.4, -0.2) is 72.1 Å². The summed E-state index contributed by atoms with van der Waals surface area (Å²) >= 11 is 0. The Morgan fingerprint density at radius 3 is 2.43 bits per heavy atom. The first-order chi connectivity index (χ1) is 16.8. The van der Waals surface area contributed by atoms with Gasteiger partial charge in [-0.1, -0.05) is 17.7 Å². The second kappa shape index (κ2) is 10.3. The van der Waals surface area contributed by atoms with Gasteiger partial charge in [0.05, 0.1) is 19.8 Å². The lowest BCUT2D eigenvalue weighted by atomic mass is 9.78. The number of nitrogens with one attached hydrogen (secondary N) is 1. The van der Waals surface area contributed by atoms with Gasteiger partial charge in [-0.3, -0.25) is 4.79 Å². The minimum atomic E-state index is -0.0590. The van der Waals surface area contributed by atoms with E-state index in [0.717, 1.165) is 30.5 Å². The molecule has 9 nitrogen and oxygen atoms in total. The molecule has 2 saturated heterocycles. The van der Waals surface area contributed by atoms with Gasteiger partial charge in [0.2, 0.25) is 11.8 Å². The second-order valence-corrected chi connectivity index (χ2v) is 9.40. The average molecular weight is 480 g/mol. The predicted molar refractivity (Wildman–Crippen MR) is 134 cm³/mol. The minimum Gasteiger partial charge on any atom is -0.480 e. The van der Waals surface area contributed by atoms with Gasteiger partial charge in [-0.05, 0) is 56.2 Å². The molecule has 2 aliphatic rings. The van der Waals surface area contributed by atoms with Crippen LogP contribution in [0.3, 0.4) is 0 Å². The van der Waals surface area contributed by atoms with Crippen LogP contribution in [0.2, 0.25) is 0 Å². The molecule has 2 aliphatic heterocycles. The summed E-state index contributed by atoms with van der Waals surface area (Å²) in [7, 11) is 3.00. The number of ether oxygens (including phenoxy) is 2. The van der Waals surface area contributed by atoms with Crippen LogP contribution in [0, 0.1) is 19.3 Å². The molecule has 0 atom stereocenters. The fourth-order valence-electron chi connectivity index (χ4n) is 4.87. The van der Waals surface area contributed by atoms with Gasteiger partial charge in [0.1, 0.15) is 0 Å². The lowest BCUT2D eigenvalue weighted by Gasteiger charge is -2.39. The van der Waals surface area contributed by atoms with E-state index in [0.29, 0.717) is 37.6 Å². The first kappa shape index (κ1) is 24.5. The maximum atomic E-state index is 12.9. The number of aryl methyl sites for hydroxylation is 2. The van der Waals surface area contributed by atoms with Crippen molar-refractivity contribution in [3.63, 3.8) is 0 Å². The summed E-state index contributed by atoms with van der Waals surface area (Å²) < 4.78 is 10.3. The van der Waals surface area contributed by atoms with Crippen LogP contribution >= 0.6 is 0 Å². The van der Waals surface area contributed by atoms with Crippen molar-refractivity contribution in [2.24, 2.45) is 5.41 Å². The fraction of sp³-hybridized carbons (Fsp3) is 0.462. The van der Waals surface area contributed by atoms with E-state index in [1.165, 1.54) is 19.8 Å². The Bertz CT molecular complexity index is 1120. The Morgan fingerprint density at radius 2 is 1.77 bits per heavy atom. The van der Waals surface area contributed by atoms with Crippen molar-refractivity contribution in [2.45, 2.75) is 33.1 Å². The SMILES string of the molecule is COc1ncc(/C=C/C(=O)N2CCC3(CCN(C(=O)Nc4ccc(C)cc4C)CC3)C2)c(OC)n1. The van der Waals surface area contributed by atoms with Gasteiger partial charge in [-0.2, -0.15) is 4.98 Å². The molecular formula is C26H33N5O4. The fourth-order valence-corrected chi connectivity index (χ4v) is 4.87. The Balaban J connectivity index is 1.31. The van der Waals surface area contributed by atoms with Crippen molar-refractivity contribution in [1.82, 2.24) is 19.8 Å². The highest BCUT2D eigenvalue weighted by Crippen LogP contribution is 2.40. The molecule has 1 spiro atoms. The van der Waals surface area contributed by atoms with E-state index in [9.17, 15) is 9.59 Å². The summed E-state index contributed by atoms with van der Waals surface area (Å²) in [5.41, 5.74) is 3.76. The van der Waals surface area contributed by atoms with Crippen LogP contribution in [0.25, 0.3) is 6.08 Å². The number of amides is 3. The molecule has 2 fully saturated rings. The second-order valence-electron chi connectivity index (χ2n) is 9.40. The molecule has 0 aliphatic carbocycles. The Hall–Kier alpha value is -3.62. The Morgan fingerprint density at radius 1 is 1.06 bits per heavy atom. The molecule has 3 amide bonds. The molecule has 1 aromatic carbocycles. The normalized spacial score (nSPS) is 17.1. The van der Waals surface area contributed by atoms with Gasteiger partial charge in [-0.15, -0.1) is 0 Å². The third-order valence-electron chi connectivity index (χ3n) is 7.02. The van der Waals surface area contributed by atoms with Gasteiger partial charge < -0.3 is 24.6 Å². The molecule has 0 saturated carbocycles. The van der Waals surface area contributed by atoms with E-state index in [-0.39, 0.29) is 23.4 Å². The van der Waals surface area contributed by atoms with Crippen LogP contribution in [0.1, 0.15) is 36.0 Å². The first-order valence-corrected chi connectivity index (χ1v) is 11.9. The number of aromatic nitrogens is 2. The van der Waals surface area contributed by atoms with Crippen LogP contribution in [0.15, 0.2) is 30.5 Å². The summed E-state index contributed by atoms with van der Waals surface area (Å²) in [6.45, 7) is 6.85. The zero-order valence-electron chi connectivity index (χ0n) is 20.8. The van der Waals surface area contributed by atoms with Gasteiger partial charge >= 0.3 is 12.0 Å². The van der Waals surface area contributed by atoms with E-state index in [2.05, 4.69) is 21.4 Å². The standard InChI is InChI=1S/C26H33N5O4/c1-18-5-7-21(19(2)15-18)28-25(33)30-12-9-26(10-13-30)11-14-31(17-26)22(32)8-6-20-16-27-24(35-4)29-23(20)34-3/h5-8,15-16H,9-14,17H2,1-4H3,(H,28,33)/b8-6+. The maximum Gasteiger partial charge on any atom is 0.321 e. The summed E-state index contributed by atoms with van der Waals surface area (Å²) in [5, 5.41) is 3.05. The summed E-state index contributed by atoms with van der Waals surface area (Å²) in [4.78, 5) is 37.7. The molecule has 186 valence electrons. The number of nitrogens with zero attached hydrogens (tertiary/aromatic N) is 4. The van der Waals surface area contributed by atoms with Crippen LogP contribution in [0.4, 0.5) is 10.5 Å². The number of urea groups is 1. The van der Waals surface area contributed by atoms with Gasteiger partial charge in [0.15, 0.2) is 0 Å². The average Bonchev–Trinajstić information content (AvgIpc) is 3.28. The Labute approximate surface area is 206 Å². The van der Waals surface area contributed by atoms with E-state index in [1.807, 2.05) is 35.8 Å². The Kier molecular flexibility index (Phi) is 7.23. The smallest absolute Gasteiger partial charge is 0.321 e. The molecule has 3 heterocycles. The van der Waals surface area contributed by atoms with Crippen molar-refractivity contribution >= 4 is 23.7 Å². The lowest BCUT2D eigenvalue weighted by Crippen LogP contribution is -2.46. The topological polar surface area (TPSA) is 96.9 Å².